The Kier molecular flexibility index (Phi) is 4.41. The zero-order valence-corrected chi connectivity index (χ0v) is 10.0. The summed E-state index contributed by atoms with van der Waals surface area (Å²) in [6.45, 7) is 1.37. The van der Waals surface area contributed by atoms with Crippen LogP contribution < -0.4 is 51.4 Å². The third kappa shape index (κ3) is 3.79. The molecule has 1 unspecified atom stereocenters. The maximum atomic E-state index is 10.4. The van der Waals surface area contributed by atoms with Gasteiger partial charge in [0, 0.05) is 6.08 Å². The molecule has 0 aromatic rings. The number of amides is 1. The summed E-state index contributed by atoms with van der Waals surface area (Å²) in [7, 11) is -3.97. The van der Waals surface area contributed by atoms with Crippen LogP contribution in [0, 0.1) is 0 Å². The summed E-state index contributed by atoms with van der Waals surface area (Å²) < 4.78 is 27.7. The van der Waals surface area contributed by atoms with Crippen molar-refractivity contribution < 1.29 is 69.1 Å². The molecule has 0 aromatic carbocycles. The number of hydrogen-bond acceptors (Lipinski definition) is 4. The molecule has 7 heteroatoms. The van der Waals surface area contributed by atoms with E-state index in [0.717, 1.165) is 6.08 Å². The average molecular weight is 201 g/mol. The van der Waals surface area contributed by atoms with Crippen molar-refractivity contribution in [3.63, 3.8) is 0 Å². The molecule has 0 aromatic heterocycles. The Morgan fingerprint density at radius 2 is 2.27 bits per heavy atom. The van der Waals surface area contributed by atoms with E-state index in [4.69, 9.17) is 0 Å². The second kappa shape index (κ2) is 4.12. The SMILES string of the molecule is CC1=CC(=O)N=S(=O)([O-])O1.[K+]. The summed E-state index contributed by atoms with van der Waals surface area (Å²) in [5.74, 6) is -0.760. The van der Waals surface area contributed by atoms with Gasteiger partial charge in [-0.25, -0.2) is 4.21 Å². The Morgan fingerprint density at radius 1 is 1.73 bits per heavy atom. The number of nitrogens with zero attached hydrogens (tertiary/aromatic N) is 1. The molecule has 0 bridgehead atoms. The van der Waals surface area contributed by atoms with E-state index < -0.39 is 16.2 Å². The summed E-state index contributed by atoms with van der Waals surface area (Å²) in [5, 5.41) is 0. The molecule has 1 heterocycles. The smallest absolute Gasteiger partial charge is 0.732 e. The van der Waals surface area contributed by atoms with Gasteiger partial charge in [0.1, 0.15) is 5.76 Å². The number of hydrogen-bond donors (Lipinski definition) is 0. The zero-order chi connectivity index (χ0) is 7.78. The second-order valence-corrected chi connectivity index (χ2v) is 2.90. The van der Waals surface area contributed by atoms with Crippen molar-refractivity contribution in [1.29, 1.82) is 0 Å². The third-order valence-corrected chi connectivity index (χ3v) is 1.64. The topological polar surface area (TPSA) is 78.8 Å². The van der Waals surface area contributed by atoms with Crippen LogP contribution in [0.5, 0.6) is 0 Å². The molecular weight excluding hydrogens is 197 g/mol. The van der Waals surface area contributed by atoms with E-state index in [1.54, 1.807) is 0 Å². The molecule has 5 nitrogen and oxygen atoms in total. The molecule has 1 aliphatic heterocycles. The minimum Gasteiger partial charge on any atom is -0.732 e. The van der Waals surface area contributed by atoms with Gasteiger partial charge in [-0.1, -0.05) is 0 Å². The van der Waals surface area contributed by atoms with Crippen molar-refractivity contribution >= 4 is 16.2 Å². The number of allylic oxidation sites excluding steroid dienone is 1. The first-order valence-corrected chi connectivity index (χ1v) is 3.76. The Hall–Kier alpha value is 0.756. The van der Waals surface area contributed by atoms with E-state index in [1.165, 1.54) is 6.92 Å². The third-order valence-electron chi connectivity index (χ3n) is 0.765. The summed E-state index contributed by atoms with van der Waals surface area (Å²) >= 11 is 0. The normalized spacial score (nSPS) is 29.3. The van der Waals surface area contributed by atoms with Crippen LogP contribution in [-0.2, 0) is 19.3 Å². The van der Waals surface area contributed by atoms with Gasteiger partial charge in [-0.05, 0) is 6.92 Å². The summed E-state index contributed by atoms with van der Waals surface area (Å²) in [6, 6.07) is 0. The van der Waals surface area contributed by atoms with Crippen molar-refractivity contribution in [2.45, 2.75) is 6.92 Å². The molecule has 0 spiro atoms. The molecule has 0 saturated heterocycles. The van der Waals surface area contributed by atoms with Crippen LogP contribution in [0.15, 0.2) is 16.2 Å². The van der Waals surface area contributed by atoms with E-state index in [-0.39, 0.29) is 57.1 Å². The van der Waals surface area contributed by atoms with E-state index in [1.807, 2.05) is 0 Å². The molecule has 0 radical (unpaired) electrons. The maximum absolute atomic E-state index is 10.4. The van der Waals surface area contributed by atoms with Crippen LogP contribution in [0.1, 0.15) is 6.92 Å². The summed E-state index contributed by atoms with van der Waals surface area (Å²) in [5.41, 5.74) is 0. The van der Waals surface area contributed by atoms with Crippen LogP contribution in [0.25, 0.3) is 0 Å². The van der Waals surface area contributed by atoms with Crippen molar-refractivity contribution in [1.82, 2.24) is 0 Å². The van der Waals surface area contributed by atoms with E-state index in [0.29, 0.717) is 0 Å². The Balaban J connectivity index is 0.000001000. The molecular formula is C4H4KNO4S. The van der Waals surface area contributed by atoms with Crippen molar-refractivity contribution in [3.05, 3.63) is 11.8 Å². The van der Waals surface area contributed by atoms with Gasteiger partial charge in [-0.3, -0.25) is 4.79 Å². The molecule has 1 amide bonds. The number of carbonyl (C=O) groups excluding carboxylic acids is 1. The van der Waals surface area contributed by atoms with Gasteiger partial charge >= 0.3 is 51.4 Å². The van der Waals surface area contributed by atoms with E-state index in [2.05, 4.69) is 8.55 Å². The fraction of sp³-hybridized carbons (Fsp3) is 0.250. The first-order valence-electron chi connectivity index (χ1n) is 2.39. The predicted molar refractivity (Wildman–Crippen MR) is 31.2 cm³/mol. The van der Waals surface area contributed by atoms with Crippen molar-refractivity contribution in [2.75, 3.05) is 0 Å². The zero-order valence-electron chi connectivity index (χ0n) is 6.07. The van der Waals surface area contributed by atoms with Gasteiger partial charge in [0.15, 0.2) is 10.3 Å². The Morgan fingerprint density at radius 3 is 2.64 bits per heavy atom. The van der Waals surface area contributed by atoms with Crippen LogP contribution in [0.2, 0.25) is 0 Å². The molecule has 0 aliphatic carbocycles. The van der Waals surface area contributed by atoms with Gasteiger partial charge in [-0.2, -0.15) is 0 Å². The van der Waals surface area contributed by atoms with Crippen molar-refractivity contribution in [3.8, 4) is 0 Å². The van der Waals surface area contributed by atoms with Gasteiger partial charge in [-0.15, -0.1) is 4.36 Å². The predicted octanol–water partition coefficient (Wildman–Crippen LogP) is -3.04. The van der Waals surface area contributed by atoms with Crippen LogP contribution in [0.4, 0.5) is 0 Å². The molecule has 1 aliphatic rings. The van der Waals surface area contributed by atoms with Gasteiger partial charge in [0.2, 0.25) is 0 Å². The van der Waals surface area contributed by atoms with Gasteiger partial charge < -0.3 is 8.74 Å². The number of carbonyl (C=O) groups is 1. The Bertz CT molecular complexity index is 314. The fourth-order valence-electron chi connectivity index (χ4n) is 0.519. The molecule has 0 saturated carbocycles. The molecule has 1 rings (SSSR count). The molecule has 0 N–H and O–H groups in total. The minimum absolute atomic E-state index is 0. The Labute approximate surface area is 107 Å². The van der Waals surface area contributed by atoms with Crippen molar-refractivity contribution in [2.24, 2.45) is 4.36 Å². The average Bonchev–Trinajstić information content (AvgIpc) is 1.54. The van der Waals surface area contributed by atoms with E-state index in [9.17, 15) is 13.6 Å². The summed E-state index contributed by atoms with van der Waals surface area (Å²) in [6.07, 6.45) is 1.00. The number of rotatable bonds is 0. The van der Waals surface area contributed by atoms with Crippen LogP contribution in [0.3, 0.4) is 0 Å². The standard InChI is InChI=1S/C4H5NO4S.K/c1-3-2-4(6)5-10(7,8)9-3;/h2H,1H3,(H,5,6,7,8);/q;+1/p-1. The first kappa shape index (κ1) is 11.8. The maximum Gasteiger partial charge on any atom is 1.00 e. The molecule has 1 atom stereocenters. The van der Waals surface area contributed by atoms with Crippen LogP contribution in [-0.4, -0.2) is 14.7 Å². The molecule has 11 heavy (non-hydrogen) atoms. The second-order valence-electron chi connectivity index (χ2n) is 1.70. The van der Waals surface area contributed by atoms with Crippen LogP contribution >= 0.6 is 0 Å². The van der Waals surface area contributed by atoms with E-state index >= 15 is 0 Å². The largest absolute Gasteiger partial charge is 1.00 e. The van der Waals surface area contributed by atoms with Gasteiger partial charge in [0.25, 0.3) is 5.91 Å². The monoisotopic (exact) mass is 201 g/mol. The summed E-state index contributed by atoms with van der Waals surface area (Å²) in [4.78, 5) is 10.4. The molecule has 0 fully saturated rings. The minimum atomic E-state index is -3.97. The first-order chi connectivity index (χ1) is 4.49. The van der Waals surface area contributed by atoms with Gasteiger partial charge in [0.05, 0.1) is 0 Å². The quantitative estimate of drug-likeness (QED) is 0.390. The molecule has 56 valence electrons. The fourth-order valence-corrected chi connectivity index (χ4v) is 1.21.